The summed E-state index contributed by atoms with van der Waals surface area (Å²) >= 11 is 5.73. The zero-order valence-corrected chi connectivity index (χ0v) is 17.6. The van der Waals surface area contributed by atoms with Crippen LogP contribution in [0.25, 0.3) is 0 Å². The minimum absolute atomic E-state index is 0.0225. The van der Waals surface area contributed by atoms with Crippen molar-refractivity contribution in [1.82, 2.24) is 15.5 Å². The average molecular weight is 434 g/mol. The highest BCUT2D eigenvalue weighted by atomic mass is 35.5. The molecule has 1 saturated heterocycles. The molecule has 0 unspecified atom stereocenters. The summed E-state index contributed by atoms with van der Waals surface area (Å²) in [5, 5.41) is 5.49. The topological polar surface area (TPSA) is 61.4 Å². The highest BCUT2D eigenvalue weighted by Gasteiger charge is 2.32. The number of benzene rings is 1. The fraction of sp³-hybridized carbons (Fsp3) is 0.600. The monoisotopic (exact) mass is 433 g/mol. The van der Waals surface area contributed by atoms with Crippen LogP contribution in [0.3, 0.4) is 0 Å². The quantitative estimate of drug-likeness (QED) is 0.744. The Labute approximate surface area is 174 Å². The number of nitrogens with one attached hydrogen (secondary N) is 2. The Balaban J connectivity index is 1.81. The van der Waals surface area contributed by atoms with E-state index in [1.165, 1.54) is 6.07 Å². The van der Waals surface area contributed by atoms with Crippen molar-refractivity contribution in [3.05, 3.63) is 34.3 Å². The molecule has 162 valence electrons. The summed E-state index contributed by atoms with van der Waals surface area (Å²) in [5.41, 5.74) is -1.33. The SMILES string of the molecule is CC(C)(C)NC(=O)CN1CCC(CNC(=O)c2cc(Cl)cc(C(F)(F)F)c2)CC1. The van der Waals surface area contributed by atoms with Gasteiger partial charge in [0, 0.05) is 22.7 Å². The maximum absolute atomic E-state index is 12.9. The van der Waals surface area contributed by atoms with E-state index in [9.17, 15) is 22.8 Å². The van der Waals surface area contributed by atoms with Crippen molar-refractivity contribution < 1.29 is 22.8 Å². The molecule has 0 atom stereocenters. The third kappa shape index (κ3) is 7.85. The van der Waals surface area contributed by atoms with Gasteiger partial charge in [-0.15, -0.1) is 0 Å². The largest absolute Gasteiger partial charge is 0.416 e. The maximum Gasteiger partial charge on any atom is 0.416 e. The molecule has 29 heavy (non-hydrogen) atoms. The summed E-state index contributed by atoms with van der Waals surface area (Å²) in [6.07, 6.45) is -2.97. The van der Waals surface area contributed by atoms with Gasteiger partial charge in [0.05, 0.1) is 12.1 Å². The van der Waals surface area contributed by atoms with E-state index in [1.807, 2.05) is 20.8 Å². The third-order valence-electron chi connectivity index (χ3n) is 4.63. The molecule has 2 amide bonds. The second-order valence-electron chi connectivity index (χ2n) is 8.45. The lowest BCUT2D eigenvalue weighted by molar-refractivity contribution is -0.137. The Kier molecular flexibility index (Phi) is 7.56. The number of hydrogen-bond donors (Lipinski definition) is 2. The molecule has 1 aliphatic heterocycles. The predicted octanol–water partition coefficient (Wildman–Crippen LogP) is 3.72. The van der Waals surface area contributed by atoms with Gasteiger partial charge in [-0.05, 0) is 70.8 Å². The van der Waals surface area contributed by atoms with Crippen LogP contribution in [0, 0.1) is 5.92 Å². The van der Waals surface area contributed by atoms with E-state index >= 15 is 0 Å². The van der Waals surface area contributed by atoms with E-state index in [0.29, 0.717) is 13.1 Å². The number of rotatable bonds is 5. The van der Waals surface area contributed by atoms with Crippen molar-refractivity contribution in [3.63, 3.8) is 0 Å². The lowest BCUT2D eigenvalue weighted by atomic mass is 9.96. The van der Waals surface area contributed by atoms with Gasteiger partial charge in [0.25, 0.3) is 5.91 Å². The van der Waals surface area contributed by atoms with Crippen molar-refractivity contribution >= 4 is 23.4 Å². The molecule has 0 radical (unpaired) electrons. The smallest absolute Gasteiger partial charge is 0.352 e. The minimum Gasteiger partial charge on any atom is -0.352 e. The number of hydrogen-bond acceptors (Lipinski definition) is 3. The Morgan fingerprint density at radius 2 is 1.76 bits per heavy atom. The highest BCUT2D eigenvalue weighted by molar-refractivity contribution is 6.31. The van der Waals surface area contributed by atoms with E-state index in [1.54, 1.807) is 0 Å². The lowest BCUT2D eigenvalue weighted by Gasteiger charge is -2.32. The fourth-order valence-electron chi connectivity index (χ4n) is 3.23. The molecule has 1 fully saturated rings. The molecule has 9 heteroatoms. The van der Waals surface area contributed by atoms with Gasteiger partial charge in [-0.3, -0.25) is 14.5 Å². The molecule has 1 heterocycles. The molecule has 0 aromatic heterocycles. The number of alkyl halides is 3. The van der Waals surface area contributed by atoms with Gasteiger partial charge in [0.1, 0.15) is 0 Å². The van der Waals surface area contributed by atoms with Crippen molar-refractivity contribution in [2.45, 2.75) is 45.3 Å². The lowest BCUT2D eigenvalue weighted by Crippen LogP contribution is -2.48. The number of halogens is 4. The maximum atomic E-state index is 12.9. The first-order valence-electron chi connectivity index (χ1n) is 9.53. The number of amides is 2. The average Bonchev–Trinajstić information content (AvgIpc) is 2.58. The van der Waals surface area contributed by atoms with E-state index in [-0.39, 0.29) is 28.0 Å². The number of likely N-dealkylation sites (tertiary alicyclic amines) is 1. The normalized spacial score (nSPS) is 16.5. The van der Waals surface area contributed by atoms with Crippen LogP contribution in [0.1, 0.15) is 49.5 Å². The Hall–Kier alpha value is -1.80. The van der Waals surface area contributed by atoms with Crippen LogP contribution in [0.15, 0.2) is 18.2 Å². The summed E-state index contributed by atoms with van der Waals surface area (Å²) in [7, 11) is 0. The summed E-state index contributed by atoms with van der Waals surface area (Å²) in [6.45, 7) is 7.95. The Morgan fingerprint density at radius 3 is 2.31 bits per heavy atom. The van der Waals surface area contributed by atoms with Crippen molar-refractivity contribution in [1.29, 1.82) is 0 Å². The van der Waals surface area contributed by atoms with Crippen LogP contribution in [0.2, 0.25) is 5.02 Å². The first kappa shape index (κ1) is 23.5. The minimum atomic E-state index is -4.56. The standard InChI is InChI=1S/C20H27ClF3N3O2/c1-19(2,3)26-17(28)12-27-6-4-13(5-7-27)11-25-18(29)14-8-15(20(22,23)24)10-16(21)9-14/h8-10,13H,4-7,11-12H2,1-3H3,(H,25,29)(H,26,28). The molecule has 0 spiro atoms. The van der Waals surface area contributed by atoms with E-state index < -0.39 is 17.6 Å². The second-order valence-corrected chi connectivity index (χ2v) is 8.89. The molecule has 0 aliphatic carbocycles. The third-order valence-corrected chi connectivity index (χ3v) is 4.85. The highest BCUT2D eigenvalue weighted by Crippen LogP contribution is 2.32. The van der Waals surface area contributed by atoms with Crippen LogP contribution >= 0.6 is 11.6 Å². The molecule has 0 bridgehead atoms. The molecule has 2 rings (SSSR count). The van der Waals surface area contributed by atoms with E-state index in [0.717, 1.165) is 38.1 Å². The van der Waals surface area contributed by atoms with Crippen molar-refractivity contribution in [2.24, 2.45) is 5.92 Å². The van der Waals surface area contributed by atoms with Crippen LogP contribution in [0.4, 0.5) is 13.2 Å². The van der Waals surface area contributed by atoms with Gasteiger partial charge in [0.15, 0.2) is 0 Å². The molecule has 0 saturated carbocycles. The van der Waals surface area contributed by atoms with Gasteiger partial charge < -0.3 is 10.6 Å². The molecule has 5 nitrogen and oxygen atoms in total. The van der Waals surface area contributed by atoms with Crippen LogP contribution in [-0.2, 0) is 11.0 Å². The summed E-state index contributed by atoms with van der Waals surface area (Å²) in [5.74, 6) is -0.391. The Morgan fingerprint density at radius 1 is 1.14 bits per heavy atom. The molecule has 2 N–H and O–H groups in total. The van der Waals surface area contributed by atoms with Crippen molar-refractivity contribution in [2.75, 3.05) is 26.2 Å². The first-order valence-corrected chi connectivity index (χ1v) is 9.90. The zero-order valence-electron chi connectivity index (χ0n) is 16.8. The molecular weight excluding hydrogens is 407 g/mol. The van der Waals surface area contributed by atoms with E-state index in [2.05, 4.69) is 15.5 Å². The van der Waals surface area contributed by atoms with Gasteiger partial charge in [-0.2, -0.15) is 13.2 Å². The number of carbonyl (C=O) groups excluding carboxylic acids is 2. The van der Waals surface area contributed by atoms with Gasteiger partial charge >= 0.3 is 6.18 Å². The van der Waals surface area contributed by atoms with Crippen LogP contribution < -0.4 is 10.6 Å². The number of piperidine rings is 1. The van der Waals surface area contributed by atoms with Gasteiger partial charge in [-0.25, -0.2) is 0 Å². The summed E-state index contributed by atoms with van der Waals surface area (Å²) in [4.78, 5) is 26.3. The molecule has 1 aliphatic rings. The molecule has 1 aromatic carbocycles. The van der Waals surface area contributed by atoms with Crippen molar-refractivity contribution in [3.8, 4) is 0 Å². The molecular formula is C20H27ClF3N3O2. The second kappa shape index (κ2) is 9.34. The summed E-state index contributed by atoms with van der Waals surface area (Å²) < 4.78 is 38.6. The summed E-state index contributed by atoms with van der Waals surface area (Å²) in [6, 6.07) is 2.82. The van der Waals surface area contributed by atoms with Crippen LogP contribution in [0.5, 0.6) is 0 Å². The number of carbonyl (C=O) groups is 2. The predicted molar refractivity (Wildman–Crippen MR) is 106 cm³/mol. The van der Waals surface area contributed by atoms with Gasteiger partial charge in [-0.1, -0.05) is 11.6 Å². The fourth-order valence-corrected chi connectivity index (χ4v) is 3.47. The molecule has 1 aromatic rings. The number of nitrogens with zero attached hydrogens (tertiary/aromatic N) is 1. The van der Waals surface area contributed by atoms with Crippen LogP contribution in [-0.4, -0.2) is 48.4 Å². The Bertz CT molecular complexity index is 739. The first-order chi connectivity index (χ1) is 13.3. The van der Waals surface area contributed by atoms with E-state index in [4.69, 9.17) is 11.6 Å². The van der Waals surface area contributed by atoms with Gasteiger partial charge in [0.2, 0.25) is 5.91 Å². The zero-order chi connectivity index (χ0) is 21.8.